The quantitative estimate of drug-likeness (QED) is 0.922. The minimum atomic E-state index is -0.102. The van der Waals surface area contributed by atoms with Crippen LogP contribution in [-0.2, 0) is 13.0 Å². The Labute approximate surface area is 135 Å². The van der Waals surface area contributed by atoms with Crippen molar-refractivity contribution in [1.82, 2.24) is 5.32 Å². The van der Waals surface area contributed by atoms with Gasteiger partial charge in [0.1, 0.15) is 5.75 Å². The van der Waals surface area contributed by atoms with Crippen LogP contribution < -0.4 is 19.5 Å². The molecule has 1 aliphatic rings. The van der Waals surface area contributed by atoms with Crippen molar-refractivity contribution in [1.29, 1.82) is 0 Å². The average Bonchev–Trinajstić information content (AvgIpc) is 3.06. The van der Waals surface area contributed by atoms with E-state index in [-0.39, 0.29) is 5.91 Å². The number of nitrogens with one attached hydrogen (secondary N) is 1. The molecule has 0 aliphatic carbocycles. The van der Waals surface area contributed by atoms with Crippen molar-refractivity contribution in [3.63, 3.8) is 0 Å². The van der Waals surface area contributed by atoms with Crippen LogP contribution in [0.2, 0.25) is 0 Å². The van der Waals surface area contributed by atoms with Gasteiger partial charge in [0.15, 0.2) is 11.5 Å². The van der Waals surface area contributed by atoms with E-state index in [1.807, 2.05) is 30.3 Å². The standard InChI is InChI=1S/C18H19NO4/c1-21-16-5-3-12(9-17(16)22-2)11-19-18(20)14-4-6-15-13(10-14)7-8-23-15/h3-6,9-10H,7-8,11H2,1-2H3,(H,19,20). The second kappa shape index (κ2) is 6.60. The first-order chi connectivity index (χ1) is 11.2. The van der Waals surface area contributed by atoms with Gasteiger partial charge in [-0.25, -0.2) is 0 Å². The van der Waals surface area contributed by atoms with Gasteiger partial charge >= 0.3 is 0 Å². The summed E-state index contributed by atoms with van der Waals surface area (Å²) in [5, 5.41) is 2.92. The molecule has 1 heterocycles. The Balaban J connectivity index is 1.67. The number of amides is 1. The maximum Gasteiger partial charge on any atom is 0.251 e. The van der Waals surface area contributed by atoms with Crippen molar-refractivity contribution in [3.8, 4) is 17.2 Å². The number of rotatable bonds is 5. The number of carbonyl (C=O) groups excluding carboxylic acids is 1. The van der Waals surface area contributed by atoms with Crippen LogP contribution in [0, 0.1) is 0 Å². The summed E-state index contributed by atoms with van der Waals surface area (Å²) in [6.45, 7) is 1.11. The van der Waals surface area contributed by atoms with E-state index >= 15 is 0 Å². The summed E-state index contributed by atoms with van der Waals surface area (Å²) in [5.74, 6) is 2.09. The molecule has 0 spiro atoms. The fourth-order valence-corrected chi connectivity index (χ4v) is 2.60. The van der Waals surface area contributed by atoms with Gasteiger partial charge in [0.2, 0.25) is 0 Å². The Morgan fingerprint density at radius 3 is 2.74 bits per heavy atom. The molecule has 0 saturated heterocycles. The fraction of sp³-hybridized carbons (Fsp3) is 0.278. The van der Waals surface area contributed by atoms with Crippen molar-refractivity contribution in [2.75, 3.05) is 20.8 Å². The Morgan fingerprint density at radius 2 is 1.96 bits per heavy atom. The number of hydrogen-bond acceptors (Lipinski definition) is 4. The summed E-state index contributed by atoms with van der Waals surface area (Å²) in [6, 6.07) is 11.1. The lowest BCUT2D eigenvalue weighted by molar-refractivity contribution is 0.0951. The molecule has 1 amide bonds. The highest BCUT2D eigenvalue weighted by molar-refractivity contribution is 5.94. The van der Waals surface area contributed by atoms with Gasteiger partial charge in [-0.1, -0.05) is 6.07 Å². The van der Waals surface area contributed by atoms with Crippen LogP contribution in [-0.4, -0.2) is 26.7 Å². The van der Waals surface area contributed by atoms with Crippen LogP contribution in [0.5, 0.6) is 17.2 Å². The molecular weight excluding hydrogens is 294 g/mol. The van der Waals surface area contributed by atoms with Crippen molar-refractivity contribution in [2.45, 2.75) is 13.0 Å². The highest BCUT2D eigenvalue weighted by Crippen LogP contribution is 2.28. The van der Waals surface area contributed by atoms with Crippen molar-refractivity contribution >= 4 is 5.91 Å². The summed E-state index contributed by atoms with van der Waals surface area (Å²) in [6.07, 6.45) is 0.853. The van der Waals surface area contributed by atoms with E-state index in [9.17, 15) is 4.79 Å². The first-order valence-electron chi connectivity index (χ1n) is 7.46. The highest BCUT2D eigenvalue weighted by Gasteiger charge is 2.15. The largest absolute Gasteiger partial charge is 0.493 e. The first-order valence-corrected chi connectivity index (χ1v) is 7.46. The zero-order valence-electron chi connectivity index (χ0n) is 13.2. The van der Waals surface area contributed by atoms with Crippen LogP contribution in [0.4, 0.5) is 0 Å². The van der Waals surface area contributed by atoms with Gasteiger partial charge in [-0.3, -0.25) is 4.79 Å². The zero-order chi connectivity index (χ0) is 16.2. The van der Waals surface area contributed by atoms with E-state index in [4.69, 9.17) is 14.2 Å². The summed E-state index contributed by atoms with van der Waals surface area (Å²) >= 11 is 0. The summed E-state index contributed by atoms with van der Waals surface area (Å²) in [7, 11) is 3.18. The number of benzene rings is 2. The maximum atomic E-state index is 12.3. The minimum Gasteiger partial charge on any atom is -0.493 e. The van der Waals surface area contributed by atoms with Crippen LogP contribution in [0.25, 0.3) is 0 Å². The van der Waals surface area contributed by atoms with E-state index < -0.39 is 0 Å². The molecule has 5 nitrogen and oxygen atoms in total. The number of methoxy groups -OCH3 is 2. The molecule has 120 valence electrons. The van der Waals surface area contributed by atoms with Crippen LogP contribution in [0.15, 0.2) is 36.4 Å². The molecule has 1 N–H and O–H groups in total. The van der Waals surface area contributed by atoms with Gasteiger partial charge in [0.25, 0.3) is 5.91 Å². The van der Waals surface area contributed by atoms with Crippen LogP contribution in [0.3, 0.4) is 0 Å². The van der Waals surface area contributed by atoms with Crippen LogP contribution >= 0.6 is 0 Å². The van der Waals surface area contributed by atoms with Gasteiger partial charge in [0, 0.05) is 18.5 Å². The van der Waals surface area contributed by atoms with Gasteiger partial charge in [-0.2, -0.15) is 0 Å². The van der Waals surface area contributed by atoms with Gasteiger partial charge in [-0.15, -0.1) is 0 Å². The second-order valence-electron chi connectivity index (χ2n) is 5.29. The normalized spacial score (nSPS) is 12.3. The van der Waals surface area contributed by atoms with E-state index in [1.54, 1.807) is 20.3 Å². The Bertz CT molecular complexity index is 727. The van der Waals surface area contributed by atoms with Crippen molar-refractivity contribution < 1.29 is 19.0 Å². The third kappa shape index (κ3) is 3.23. The van der Waals surface area contributed by atoms with Crippen LogP contribution in [0.1, 0.15) is 21.5 Å². The van der Waals surface area contributed by atoms with E-state index in [0.717, 1.165) is 23.3 Å². The molecule has 23 heavy (non-hydrogen) atoms. The lowest BCUT2D eigenvalue weighted by Crippen LogP contribution is -2.22. The Morgan fingerprint density at radius 1 is 1.13 bits per heavy atom. The van der Waals surface area contributed by atoms with Gasteiger partial charge in [0.05, 0.1) is 20.8 Å². The summed E-state index contributed by atoms with van der Waals surface area (Å²) < 4.78 is 15.9. The average molecular weight is 313 g/mol. The Kier molecular flexibility index (Phi) is 4.37. The molecule has 2 aromatic rings. The molecule has 0 saturated carbocycles. The first kappa shape index (κ1) is 15.2. The monoisotopic (exact) mass is 313 g/mol. The van der Waals surface area contributed by atoms with E-state index in [1.165, 1.54) is 0 Å². The van der Waals surface area contributed by atoms with E-state index in [2.05, 4.69) is 5.32 Å². The molecule has 1 aliphatic heterocycles. The SMILES string of the molecule is COc1ccc(CNC(=O)c2ccc3c(c2)CCO3)cc1OC. The minimum absolute atomic E-state index is 0.102. The molecule has 0 unspecified atom stereocenters. The van der Waals surface area contributed by atoms with Gasteiger partial charge < -0.3 is 19.5 Å². The lowest BCUT2D eigenvalue weighted by atomic mass is 10.1. The molecular formula is C18H19NO4. The predicted molar refractivity (Wildman–Crippen MR) is 86.4 cm³/mol. The predicted octanol–water partition coefficient (Wildman–Crippen LogP) is 2.57. The van der Waals surface area contributed by atoms with Crippen molar-refractivity contribution in [2.24, 2.45) is 0 Å². The molecule has 2 aromatic carbocycles. The zero-order valence-corrected chi connectivity index (χ0v) is 13.2. The number of hydrogen-bond donors (Lipinski definition) is 1. The number of carbonyl (C=O) groups is 1. The van der Waals surface area contributed by atoms with E-state index in [0.29, 0.717) is 30.2 Å². The number of ether oxygens (including phenoxy) is 3. The summed E-state index contributed by atoms with van der Waals surface area (Å²) in [4.78, 5) is 12.3. The van der Waals surface area contributed by atoms with Gasteiger partial charge in [-0.05, 0) is 41.5 Å². The Hall–Kier alpha value is -2.69. The molecule has 5 heteroatoms. The van der Waals surface area contributed by atoms with Crippen molar-refractivity contribution in [3.05, 3.63) is 53.1 Å². The lowest BCUT2D eigenvalue weighted by Gasteiger charge is -2.10. The molecule has 0 bridgehead atoms. The molecule has 3 rings (SSSR count). The molecule has 0 fully saturated rings. The highest BCUT2D eigenvalue weighted by atomic mass is 16.5. The summed E-state index contributed by atoms with van der Waals surface area (Å²) in [5.41, 5.74) is 2.68. The molecule has 0 atom stereocenters. The molecule has 0 radical (unpaired) electrons. The third-order valence-electron chi connectivity index (χ3n) is 3.85. The number of fused-ring (bicyclic) bond motifs is 1. The maximum absolute atomic E-state index is 12.3. The molecule has 0 aromatic heterocycles. The third-order valence-corrected chi connectivity index (χ3v) is 3.85. The topological polar surface area (TPSA) is 56.8 Å². The fourth-order valence-electron chi connectivity index (χ4n) is 2.60. The second-order valence-corrected chi connectivity index (χ2v) is 5.29. The smallest absolute Gasteiger partial charge is 0.251 e.